The Hall–Kier alpha value is -0.780. The van der Waals surface area contributed by atoms with Crippen LogP contribution in [0.3, 0.4) is 0 Å². The minimum atomic E-state index is 0.394. The normalized spacial score (nSPS) is 14.1. The SMILES string of the molecule is CCC(C)(C)C(CC(C)C)c1ccccc1. The average molecular weight is 218 g/mol. The van der Waals surface area contributed by atoms with E-state index >= 15 is 0 Å². The average Bonchev–Trinajstić information content (AvgIpc) is 2.27. The van der Waals surface area contributed by atoms with Crippen molar-refractivity contribution < 1.29 is 0 Å². The van der Waals surface area contributed by atoms with Crippen LogP contribution in [0.15, 0.2) is 30.3 Å². The monoisotopic (exact) mass is 218 g/mol. The quantitative estimate of drug-likeness (QED) is 0.633. The van der Waals surface area contributed by atoms with Crippen molar-refractivity contribution in [3.05, 3.63) is 35.9 Å². The van der Waals surface area contributed by atoms with Crippen molar-refractivity contribution in [1.82, 2.24) is 0 Å². The number of benzene rings is 1. The summed E-state index contributed by atoms with van der Waals surface area (Å²) in [5.41, 5.74) is 1.90. The van der Waals surface area contributed by atoms with Crippen molar-refractivity contribution >= 4 is 0 Å². The summed E-state index contributed by atoms with van der Waals surface area (Å²) in [4.78, 5) is 0. The third-order valence-electron chi connectivity index (χ3n) is 3.76. The van der Waals surface area contributed by atoms with Crippen molar-refractivity contribution in [1.29, 1.82) is 0 Å². The van der Waals surface area contributed by atoms with E-state index in [1.54, 1.807) is 0 Å². The molecule has 16 heavy (non-hydrogen) atoms. The minimum absolute atomic E-state index is 0.394. The van der Waals surface area contributed by atoms with Crippen LogP contribution < -0.4 is 0 Å². The molecule has 0 aliphatic rings. The Kier molecular flexibility index (Phi) is 4.58. The van der Waals surface area contributed by atoms with E-state index in [0.29, 0.717) is 11.3 Å². The summed E-state index contributed by atoms with van der Waals surface area (Å²) in [5, 5.41) is 0. The maximum Gasteiger partial charge on any atom is -0.0108 e. The second-order valence-electron chi connectivity index (χ2n) is 5.93. The summed E-state index contributed by atoms with van der Waals surface area (Å²) < 4.78 is 0. The lowest BCUT2D eigenvalue weighted by molar-refractivity contribution is 0.242. The molecule has 0 bridgehead atoms. The molecule has 0 spiro atoms. The Morgan fingerprint density at radius 1 is 1.06 bits per heavy atom. The van der Waals surface area contributed by atoms with E-state index in [1.165, 1.54) is 18.4 Å². The highest BCUT2D eigenvalue weighted by molar-refractivity contribution is 5.21. The van der Waals surface area contributed by atoms with Gasteiger partial charge in [-0.25, -0.2) is 0 Å². The minimum Gasteiger partial charge on any atom is -0.0649 e. The summed E-state index contributed by atoms with van der Waals surface area (Å²) in [5.74, 6) is 1.44. The van der Waals surface area contributed by atoms with Gasteiger partial charge in [-0.1, -0.05) is 71.4 Å². The highest BCUT2D eigenvalue weighted by Gasteiger charge is 2.29. The molecule has 0 saturated carbocycles. The van der Waals surface area contributed by atoms with Crippen molar-refractivity contribution in [3.8, 4) is 0 Å². The second kappa shape index (κ2) is 5.52. The Balaban J connectivity index is 2.97. The van der Waals surface area contributed by atoms with Gasteiger partial charge in [0.15, 0.2) is 0 Å². The second-order valence-corrected chi connectivity index (χ2v) is 5.93. The molecule has 1 rings (SSSR count). The maximum atomic E-state index is 2.40. The molecule has 0 aromatic heterocycles. The summed E-state index contributed by atoms with van der Waals surface area (Å²) in [6, 6.07) is 11.0. The van der Waals surface area contributed by atoms with Gasteiger partial charge in [-0.3, -0.25) is 0 Å². The lowest BCUT2D eigenvalue weighted by atomic mass is 9.70. The predicted molar refractivity (Wildman–Crippen MR) is 72.7 cm³/mol. The summed E-state index contributed by atoms with van der Waals surface area (Å²) in [7, 11) is 0. The van der Waals surface area contributed by atoms with E-state index in [1.807, 2.05) is 0 Å². The Bertz CT molecular complexity index is 295. The van der Waals surface area contributed by atoms with E-state index in [9.17, 15) is 0 Å². The van der Waals surface area contributed by atoms with Crippen molar-refractivity contribution in [3.63, 3.8) is 0 Å². The topological polar surface area (TPSA) is 0 Å². The highest BCUT2D eigenvalue weighted by Crippen LogP contribution is 2.42. The Labute approximate surface area is 101 Å². The van der Waals surface area contributed by atoms with Crippen LogP contribution in [-0.4, -0.2) is 0 Å². The van der Waals surface area contributed by atoms with Crippen LogP contribution in [0.1, 0.15) is 58.9 Å². The molecular formula is C16H26. The molecule has 90 valence electrons. The molecule has 0 aliphatic heterocycles. The molecule has 1 aromatic carbocycles. The molecule has 1 atom stereocenters. The first-order valence-electron chi connectivity index (χ1n) is 6.52. The van der Waals surface area contributed by atoms with E-state index in [2.05, 4.69) is 65.0 Å². The molecular weight excluding hydrogens is 192 g/mol. The molecule has 1 aromatic rings. The molecule has 0 amide bonds. The van der Waals surface area contributed by atoms with Gasteiger partial charge in [-0.15, -0.1) is 0 Å². The molecule has 0 fully saturated rings. The maximum absolute atomic E-state index is 2.40. The predicted octanol–water partition coefficient (Wildman–Crippen LogP) is 5.25. The van der Waals surface area contributed by atoms with Crippen molar-refractivity contribution in [2.75, 3.05) is 0 Å². The fourth-order valence-corrected chi connectivity index (χ4v) is 2.31. The van der Waals surface area contributed by atoms with Crippen LogP contribution in [0.2, 0.25) is 0 Å². The van der Waals surface area contributed by atoms with Crippen molar-refractivity contribution in [2.45, 2.75) is 53.4 Å². The summed E-state index contributed by atoms with van der Waals surface area (Å²) >= 11 is 0. The highest BCUT2D eigenvalue weighted by atomic mass is 14.3. The van der Waals surface area contributed by atoms with Gasteiger partial charge < -0.3 is 0 Å². The van der Waals surface area contributed by atoms with Gasteiger partial charge in [0.2, 0.25) is 0 Å². The Morgan fingerprint density at radius 2 is 1.62 bits per heavy atom. The zero-order valence-corrected chi connectivity index (χ0v) is 11.5. The first-order chi connectivity index (χ1) is 7.47. The van der Waals surface area contributed by atoms with Crippen LogP contribution in [0, 0.1) is 11.3 Å². The summed E-state index contributed by atoms with van der Waals surface area (Å²) in [6.45, 7) is 11.7. The Morgan fingerprint density at radius 3 is 2.06 bits per heavy atom. The zero-order chi connectivity index (χ0) is 12.2. The van der Waals surface area contributed by atoms with Gasteiger partial charge in [-0.2, -0.15) is 0 Å². The van der Waals surface area contributed by atoms with E-state index in [0.717, 1.165) is 5.92 Å². The first kappa shape index (κ1) is 13.3. The third kappa shape index (κ3) is 3.37. The van der Waals surface area contributed by atoms with Crippen molar-refractivity contribution in [2.24, 2.45) is 11.3 Å². The molecule has 0 saturated heterocycles. The van der Waals surface area contributed by atoms with E-state index < -0.39 is 0 Å². The van der Waals surface area contributed by atoms with Gasteiger partial charge in [-0.05, 0) is 29.2 Å². The molecule has 0 aliphatic carbocycles. The molecule has 0 radical (unpaired) electrons. The number of hydrogen-bond acceptors (Lipinski definition) is 0. The molecule has 0 heterocycles. The van der Waals surface area contributed by atoms with Gasteiger partial charge in [0, 0.05) is 0 Å². The van der Waals surface area contributed by atoms with E-state index in [4.69, 9.17) is 0 Å². The van der Waals surface area contributed by atoms with Crippen LogP contribution in [0.5, 0.6) is 0 Å². The van der Waals surface area contributed by atoms with Gasteiger partial charge >= 0.3 is 0 Å². The zero-order valence-electron chi connectivity index (χ0n) is 11.5. The molecule has 0 heteroatoms. The lowest BCUT2D eigenvalue weighted by Gasteiger charge is -2.35. The van der Waals surface area contributed by atoms with Gasteiger partial charge in [0.1, 0.15) is 0 Å². The third-order valence-corrected chi connectivity index (χ3v) is 3.76. The molecule has 0 nitrogen and oxygen atoms in total. The van der Waals surface area contributed by atoms with Crippen LogP contribution >= 0.6 is 0 Å². The fraction of sp³-hybridized carbons (Fsp3) is 0.625. The number of hydrogen-bond donors (Lipinski definition) is 0. The summed E-state index contributed by atoms with van der Waals surface area (Å²) in [6.07, 6.45) is 2.52. The van der Waals surface area contributed by atoms with Gasteiger partial charge in [0.25, 0.3) is 0 Å². The van der Waals surface area contributed by atoms with E-state index in [-0.39, 0.29) is 0 Å². The smallest absolute Gasteiger partial charge is 0.0108 e. The lowest BCUT2D eigenvalue weighted by Crippen LogP contribution is -2.22. The largest absolute Gasteiger partial charge is 0.0649 e. The first-order valence-corrected chi connectivity index (χ1v) is 6.52. The molecule has 1 unspecified atom stereocenters. The van der Waals surface area contributed by atoms with Crippen LogP contribution in [0.4, 0.5) is 0 Å². The standard InChI is InChI=1S/C16H26/c1-6-16(4,5)15(12-13(2)3)14-10-8-7-9-11-14/h7-11,13,15H,6,12H2,1-5H3. The van der Waals surface area contributed by atoms with Gasteiger partial charge in [0.05, 0.1) is 0 Å². The van der Waals surface area contributed by atoms with Crippen LogP contribution in [-0.2, 0) is 0 Å². The number of rotatable bonds is 5. The fourth-order valence-electron chi connectivity index (χ4n) is 2.31. The van der Waals surface area contributed by atoms with Crippen LogP contribution in [0.25, 0.3) is 0 Å². The molecule has 0 N–H and O–H groups in total.